The maximum atomic E-state index is 13.2. The molecule has 3 rings (SSSR count). The summed E-state index contributed by atoms with van der Waals surface area (Å²) in [5, 5.41) is 12.2. The van der Waals surface area contributed by atoms with Gasteiger partial charge in [-0.2, -0.15) is 5.26 Å². The van der Waals surface area contributed by atoms with E-state index in [2.05, 4.69) is 5.32 Å². The molecule has 0 bridgehead atoms. The second-order valence-electron chi connectivity index (χ2n) is 6.65. The number of halogens is 1. The summed E-state index contributed by atoms with van der Waals surface area (Å²) in [7, 11) is 0. The Bertz CT molecular complexity index is 901. The zero-order valence-corrected chi connectivity index (χ0v) is 15.5. The van der Waals surface area contributed by atoms with Gasteiger partial charge >= 0.3 is 0 Å². The molecule has 6 heteroatoms. The predicted molar refractivity (Wildman–Crippen MR) is 101 cm³/mol. The predicted octanol–water partition coefficient (Wildman–Crippen LogP) is 3.44. The summed E-state index contributed by atoms with van der Waals surface area (Å²) in [6, 6.07) is 10.1. The van der Waals surface area contributed by atoms with E-state index in [9.17, 15) is 14.4 Å². The third-order valence-electron chi connectivity index (χ3n) is 4.73. The van der Waals surface area contributed by atoms with Crippen LogP contribution in [0.2, 0.25) is 0 Å². The summed E-state index contributed by atoms with van der Waals surface area (Å²) >= 11 is 0. The molecular formula is C21H22FN3O2. The van der Waals surface area contributed by atoms with Crippen molar-refractivity contribution in [3.63, 3.8) is 0 Å². The maximum Gasteiger partial charge on any atom is 0.262 e. The third kappa shape index (κ3) is 4.26. The van der Waals surface area contributed by atoms with E-state index in [1.54, 1.807) is 18.2 Å². The number of hydrogen-bond acceptors (Lipinski definition) is 3. The van der Waals surface area contributed by atoms with Crippen LogP contribution in [0.1, 0.15) is 29.8 Å². The fraction of sp³-hybridized carbons (Fsp3) is 0.333. The zero-order chi connectivity index (χ0) is 19.4. The van der Waals surface area contributed by atoms with E-state index < -0.39 is 5.91 Å². The zero-order valence-electron chi connectivity index (χ0n) is 15.5. The molecule has 1 unspecified atom stereocenters. The van der Waals surface area contributed by atoms with Gasteiger partial charge in [0.05, 0.1) is 6.10 Å². The van der Waals surface area contributed by atoms with Gasteiger partial charge < -0.3 is 14.6 Å². The van der Waals surface area contributed by atoms with Crippen LogP contribution < -0.4 is 5.32 Å². The number of ether oxygens (including phenoxy) is 1. The van der Waals surface area contributed by atoms with E-state index in [0.29, 0.717) is 6.54 Å². The summed E-state index contributed by atoms with van der Waals surface area (Å²) < 4.78 is 20.6. The lowest BCUT2D eigenvalue weighted by atomic mass is 10.1. The van der Waals surface area contributed by atoms with E-state index in [1.165, 1.54) is 12.1 Å². The lowest BCUT2D eigenvalue weighted by Gasteiger charge is -2.10. The van der Waals surface area contributed by atoms with E-state index in [0.717, 1.165) is 42.1 Å². The molecule has 2 heterocycles. The largest absolute Gasteiger partial charge is 0.376 e. The molecule has 0 saturated carbocycles. The van der Waals surface area contributed by atoms with Crippen molar-refractivity contribution in [1.82, 2.24) is 9.88 Å². The van der Waals surface area contributed by atoms with Gasteiger partial charge in [0.2, 0.25) is 0 Å². The summed E-state index contributed by atoms with van der Waals surface area (Å²) in [5.74, 6) is -0.699. The third-order valence-corrected chi connectivity index (χ3v) is 4.73. The van der Waals surface area contributed by atoms with Crippen molar-refractivity contribution in [2.45, 2.75) is 32.8 Å². The normalized spacial score (nSPS) is 17.0. The van der Waals surface area contributed by atoms with E-state index in [4.69, 9.17) is 4.74 Å². The highest BCUT2D eigenvalue weighted by molar-refractivity contribution is 6.01. The van der Waals surface area contributed by atoms with Gasteiger partial charge in [-0.05, 0) is 68.7 Å². The standard InChI is InChI=1S/C21H22FN3O2/c1-14-10-16(15(2)25(14)19-7-5-18(22)6-8-19)11-17(12-23)21(26)24-13-20-4-3-9-27-20/h5-8,10-11,20H,3-4,9,13H2,1-2H3,(H,24,26)/b17-11+. The van der Waals surface area contributed by atoms with E-state index >= 15 is 0 Å². The number of hydrogen-bond donors (Lipinski definition) is 1. The lowest BCUT2D eigenvalue weighted by molar-refractivity contribution is -0.117. The Morgan fingerprint density at radius 1 is 1.41 bits per heavy atom. The average molecular weight is 367 g/mol. The van der Waals surface area contributed by atoms with Gasteiger partial charge in [0.25, 0.3) is 5.91 Å². The van der Waals surface area contributed by atoms with Crippen molar-refractivity contribution in [1.29, 1.82) is 5.26 Å². The summed E-state index contributed by atoms with van der Waals surface area (Å²) in [6.07, 6.45) is 3.53. The first-order valence-corrected chi connectivity index (χ1v) is 8.96. The SMILES string of the molecule is Cc1cc(/C=C(\C#N)C(=O)NCC2CCCO2)c(C)n1-c1ccc(F)cc1. The second kappa shape index (κ2) is 8.19. The molecule has 1 aromatic heterocycles. The molecule has 140 valence electrons. The molecule has 1 fully saturated rings. The lowest BCUT2D eigenvalue weighted by Crippen LogP contribution is -2.32. The molecule has 0 aliphatic carbocycles. The second-order valence-corrected chi connectivity index (χ2v) is 6.65. The smallest absolute Gasteiger partial charge is 0.262 e. The number of aromatic nitrogens is 1. The first-order chi connectivity index (χ1) is 13.0. The van der Waals surface area contributed by atoms with Gasteiger partial charge in [-0.3, -0.25) is 4.79 Å². The van der Waals surface area contributed by atoms with Gasteiger partial charge in [-0.15, -0.1) is 0 Å². The van der Waals surface area contributed by atoms with Crippen LogP contribution in [0.25, 0.3) is 11.8 Å². The molecule has 1 aromatic carbocycles. The Kier molecular flexibility index (Phi) is 5.72. The van der Waals surface area contributed by atoms with Crippen molar-refractivity contribution in [2.75, 3.05) is 13.2 Å². The first-order valence-electron chi connectivity index (χ1n) is 8.96. The molecule has 1 aliphatic rings. The Balaban J connectivity index is 1.82. The molecular weight excluding hydrogens is 345 g/mol. The molecule has 0 radical (unpaired) electrons. The monoisotopic (exact) mass is 367 g/mol. The Morgan fingerprint density at radius 2 is 2.15 bits per heavy atom. The van der Waals surface area contributed by atoms with Crippen LogP contribution in [0.3, 0.4) is 0 Å². The Hall–Kier alpha value is -2.91. The first kappa shape index (κ1) is 18.9. The number of nitrogens with zero attached hydrogens (tertiary/aromatic N) is 2. The van der Waals surface area contributed by atoms with Crippen LogP contribution in [-0.4, -0.2) is 29.7 Å². The molecule has 1 amide bonds. The average Bonchev–Trinajstić information content (AvgIpc) is 3.27. The molecule has 1 aliphatic heterocycles. The van der Waals surface area contributed by atoms with Crippen LogP contribution in [0.5, 0.6) is 0 Å². The summed E-state index contributed by atoms with van der Waals surface area (Å²) in [6.45, 7) is 4.96. The van der Waals surface area contributed by atoms with E-state index in [1.807, 2.05) is 30.6 Å². The number of aryl methyl sites for hydroxylation is 1. The fourth-order valence-electron chi connectivity index (χ4n) is 3.33. The minimum absolute atomic E-state index is 0.0254. The molecule has 1 atom stereocenters. The van der Waals surface area contributed by atoms with Crippen molar-refractivity contribution < 1.29 is 13.9 Å². The van der Waals surface area contributed by atoms with Crippen molar-refractivity contribution >= 4 is 12.0 Å². The van der Waals surface area contributed by atoms with Gasteiger partial charge in [0.15, 0.2) is 0 Å². The van der Waals surface area contributed by atoms with Gasteiger partial charge in [-0.25, -0.2) is 4.39 Å². The Labute approximate surface area is 158 Å². The highest BCUT2D eigenvalue weighted by atomic mass is 19.1. The van der Waals surface area contributed by atoms with Gasteiger partial charge in [0.1, 0.15) is 17.5 Å². The van der Waals surface area contributed by atoms with Crippen LogP contribution in [0.15, 0.2) is 35.9 Å². The van der Waals surface area contributed by atoms with Crippen molar-refractivity contribution in [3.05, 3.63) is 58.7 Å². The van der Waals surface area contributed by atoms with Crippen molar-refractivity contribution in [3.8, 4) is 11.8 Å². The topological polar surface area (TPSA) is 67.1 Å². The number of amides is 1. The van der Waals surface area contributed by atoms with Crippen molar-refractivity contribution in [2.24, 2.45) is 0 Å². The number of benzene rings is 1. The minimum Gasteiger partial charge on any atom is -0.376 e. The number of carbonyl (C=O) groups is 1. The molecule has 5 nitrogen and oxygen atoms in total. The van der Waals surface area contributed by atoms with Gasteiger partial charge in [-0.1, -0.05) is 0 Å². The van der Waals surface area contributed by atoms with Crippen LogP contribution in [-0.2, 0) is 9.53 Å². The molecule has 1 saturated heterocycles. The molecule has 27 heavy (non-hydrogen) atoms. The molecule has 2 aromatic rings. The Morgan fingerprint density at radius 3 is 2.78 bits per heavy atom. The highest BCUT2D eigenvalue weighted by Gasteiger charge is 2.18. The number of rotatable bonds is 5. The maximum absolute atomic E-state index is 13.2. The number of nitriles is 1. The molecule has 0 spiro atoms. The highest BCUT2D eigenvalue weighted by Crippen LogP contribution is 2.23. The number of nitrogens with one attached hydrogen (secondary N) is 1. The minimum atomic E-state index is -0.403. The fourth-order valence-corrected chi connectivity index (χ4v) is 3.33. The number of carbonyl (C=O) groups excluding carboxylic acids is 1. The van der Waals surface area contributed by atoms with Crippen LogP contribution in [0.4, 0.5) is 4.39 Å². The summed E-state index contributed by atoms with van der Waals surface area (Å²) in [5.41, 5.74) is 3.46. The van der Waals surface area contributed by atoms with Gasteiger partial charge in [0, 0.05) is 30.2 Å². The summed E-state index contributed by atoms with van der Waals surface area (Å²) in [4.78, 5) is 12.3. The quantitative estimate of drug-likeness (QED) is 0.650. The van der Waals surface area contributed by atoms with E-state index in [-0.39, 0.29) is 17.5 Å². The van der Waals surface area contributed by atoms with Crippen LogP contribution >= 0.6 is 0 Å². The molecule has 1 N–H and O–H groups in total. The van der Waals surface area contributed by atoms with Crippen LogP contribution in [0, 0.1) is 31.0 Å².